The Kier molecular flexibility index (Phi) is 2.75. The monoisotopic (exact) mass is 288 g/mol. The van der Waals surface area contributed by atoms with Crippen LogP contribution >= 0.6 is 0 Å². The summed E-state index contributed by atoms with van der Waals surface area (Å²) >= 11 is 0. The number of fused-ring (bicyclic) bond motifs is 1. The molecule has 21 heavy (non-hydrogen) atoms. The first-order chi connectivity index (χ1) is 10.2. The number of carbonyl (C=O) groups excluding carboxylic acids is 1. The lowest BCUT2D eigenvalue weighted by atomic mass is 9.49. The molecule has 6 aliphatic rings. The first kappa shape index (κ1) is 12.9. The van der Waals surface area contributed by atoms with Gasteiger partial charge in [0.15, 0.2) is 0 Å². The molecule has 1 N–H and O–H groups in total. The van der Waals surface area contributed by atoms with E-state index in [9.17, 15) is 4.79 Å². The van der Waals surface area contributed by atoms with E-state index in [4.69, 9.17) is 0 Å². The van der Waals surface area contributed by atoms with Crippen molar-refractivity contribution in [2.24, 2.45) is 35.0 Å². The van der Waals surface area contributed by atoms with Crippen molar-refractivity contribution in [1.29, 1.82) is 0 Å². The molecular weight excluding hydrogens is 260 g/mol. The Labute approximate surface area is 127 Å². The molecule has 2 heterocycles. The highest BCUT2D eigenvalue weighted by molar-refractivity contribution is 5.77. The van der Waals surface area contributed by atoms with E-state index in [1.165, 1.54) is 38.5 Å². The van der Waals surface area contributed by atoms with Crippen LogP contribution in [0.3, 0.4) is 0 Å². The summed E-state index contributed by atoms with van der Waals surface area (Å²) in [5, 5.41) is 3.47. The highest BCUT2D eigenvalue weighted by atomic mass is 16.2. The molecule has 4 bridgehead atoms. The number of amides is 1. The third-order valence-electron chi connectivity index (χ3n) is 7.43. The van der Waals surface area contributed by atoms with Crippen LogP contribution in [-0.4, -0.2) is 37.0 Å². The Morgan fingerprint density at radius 1 is 0.952 bits per heavy atom. The summed E-state index contributed by atoms with van der Waals surface area (Å²) in [4.78, 5) is 15.1. The van der Waals surface area contributed by atoms with Gasteiger partial charge >= 0.3 is 0 Å². The number of nitrogens with zero attached hydrogens (tertiary/aromatic N) is 1. The largest absolute Gasteiger partial charge is 0.342 e. The molecule has 0 aromatic rings. The zero-order chi connectivity index (χ0) is 14.0. The molecule has 3 heteroatoms. The second kappa shape index (κ2) is 4.47. The molecule has 0 radical (unpaired) electrons. The van der Waals surface area contributed by atoms with Gasteiger partial charge in [0, 0.05) is 32.6 Å². The van der Waals surface area contributed by atoms with Crippen LogP contribution < -0.4 is 5.32 Å². The number of rotatable bonds is 2. The van der Waals surface area contributed by atoms with Crippen molar-refractivity contribution in [3.8, 4) is 0 Å². The summed E-state index contributed by atoms with van der Waals surface area (Å²) in [5.74, 6) is 4.87. The van der Waals surface area contributed by atoms with Crippen molar-refractivity contribution >= 4 is 5.91 Å². The number of nitrogens with one attached hydrogen (secondary N) is 1. The molecule has 2 atom stereocenters. The Morgan fingerprint density at radius 3 is 2.00 bits per heavy atom. The maximum atomic E-state index is 12.9. The van der Waals surface area contributed by atoms with Crippen molar-refractivity contribution in [3.63, 3.8) is 0 Å². The van der Waals surface area contributed by atoms with E-state index in [-0.39, 0.29) is 0 Å². The average molecular weight is 288 g/mol. The van der Waals surface area contributed by atoms with E-state index in [1.807, 2.05) is 0 Å². The van der Waals surface area contributed by atoms with E-state index in [1.54, 1.807) is 0 Å². The number of carbonyl (C=O) groups is 1. The van der Waals surface area contributed by atoms with E-state index in [2.05, 4.69) is 10.2 Å². The van der Waals surface area contributed by atoms with Gasteiger partial charge in [-0.3, -0.25) is 4.79 Å². The number of hydrogen-bond acceptors (Lipinski definition) is 2. The molecule has 0 unspecified atom stereocenters. The van der Waals surface area contributed by atoms with Crippen molar-refractivity contribution in [2.45, 2.75) is 44.9 Å². The van der Waals surface area contributed by atoms with Crippen LogP contribution in [0.25, 0.3) is 0 Å². The summed E-state index contributed by atoms with van der Waals surface area (Å²) in [6, 6.07) is 0. The van der Waals surface area contributed by atoms with Gasteiger partial charge in [-0.1, -0.05) is 0 Å². The van der Waals surface area contributed by atoms with Gasteiger partial charge < -0.3 is 10.2 Å². The predicted octanol–water partition coefficient (Wildman–Crippen LogP) is 2.27. The fraction of sp³-hybridized carbons (Fsp3) is 0.944. The summed E-state index contributed by atoms with van der Waals surface area (Å²) in [5.41, 5.74) is 0.418. The molecule has 4 saturated carbocycles. The maximum Gasteiger partial charge on any atom is 0.223 e. The summed E-state index contributed by atoms with van der Waals surface area (Å²) in [7, 11) is 0. The van der Waals surface area contributed by atoms with E-state index in [0.717, 1.165) is 62.2 Å². The van der Waals surface area contributed by atoms with Gasteiger partial charge in [0.2, 0.25) is 5.91 Å². The smallest absolute Gasteiger partial charge is 0.223 e. The van der Waals surface area contributed by atoms with Crippen LogP contribution in [0.5, 0.6) is 0 Å². The van der Waals surface area contributed by atoms with Gasteiger partial charge in [0.05, 0.1) is 0 Å². The minimum absolute atomic E-state index is 0.418. The van der Waals surface area contributed by atoms with Crippen molar-refractivity contribution in [2.75, 3.05) is 26.2 Å². The number of likely N-dealkylation sites (tertiary alicyclic amines) is 1. The SMILES string of the molecule is O=C(CC12CC3CC(CC(C3)C1)C2)N1C[C@H]2CNC[C@H]2C1. The van der Waals surface area contributed by atoms with Crippen molar-refractivity contribution in [3.05, 3.63) is 0 Å². The molecule has 2 saturated heterocycles. The van der Waals surface area contributed by atoms with Gasteiger partial charge in [0.1, 0.15) is 0 Å². The zero-order valence-corrected chi connectivity index (χ0v) is 13.0. The Morgan fingerprint density at radius 2 is 1.48 bits per heavy atom. The average Bonchev–Trinajstić information content (AvgIpc) is 2.96. The van der Waals surface area contributed by atoms with Crippen LogP contribution in [0, 0.1) is 35.0 Å². The summed E-state index contributed by atoms with van der Waals surface area (Å²) < 4.78 is 0. The second-order valence-corrected chi connectivity index (χ2v) is 9.07. The Bertz CT molecular complexity index is 413. The normalized spacial score (nSPS) is 50.7. The lowest BCUT2D eigenvalue weighted by Gasteiger charge is -2.57. The first-order valence-electron chi connectivity index (χ1n) is 9.18. The third kappa shape index (κ3) is 2.07. The van der Waals surface area contributed by atoms with Gasteiger partial charge in [-0.05, 0) is 73.5 Å². The van der Waals surface area contributed by atoms with E-state index >= 15 is 0 Å². The van der Waals surface area contributed by atoms with Gasteiger partial charge in [-0.2, -0.15) is 0 Å². The Balaban J connectivity index is 1.28. The summed E-state index contributed by atoms with van der Waals surface area (Å²) in [6.07, 6.45) is 9.42. The Hall–Kier alpha value is -0.570. The highest BCUT2D eigenvalue weighted by Gasteiger charge is 2.52. The molecule has 0 aromatic carbocycles. The van der Waals surface area contributed by atoms with Crippen molar-refractivity contribution < 1.29 is 4.79 Å². The van der Waals surface area contributed by atoms with Crippen LogP contribution in [-0.2, 0) is 4.79 Å². The highest BCUT2D eigenvalue weighted by Crippen LogP contribution is 2.61. The third-order valence-corrected chi connectivity index (χ3v) is 7.43. The molecule has 6 fully saturated rings. The van der Waals surface area contributed by atoms with Crippen LogP contribution in [0.15, 0.2) is 0 Å². The summed E-state index contributed by atoms with van der Waals surface area (Å²) in [6.45, 7) is 4.32. The molecule has 1 amide bonds. The van der Waals surface area contributed by atoms with Gasteiger partial charge in [-0.25, -0.2) is 0 Å². The fourth-order valence-corrected chi connectivity index (χ4v) is 7.00. The minimum Gasteiger partial charge on any atom is -0.342 e. The van der Waals surface area contributed by atoms with Crippen LogP contribution in [0.4, 0.5) is 0 Å². The molecule has 116 valence electrons. The topological polar surface area (TPSA) is 32.3 Å². The fourth-order valence-electron chi connectivity index (χ4n) is 7.00. The van der Waals surface area contributed by atoms with Crippen LogP contribution in [0.1, 0.15) is 44.9 Å². The molecule has 2 aliphatic heterocycles. The first-order valence-corrected chi connectivity index (χ1v) is 9.18. The maximum absolute atomic E-state index is 12.9. The molecule has 6 rings (SSSR count). The predicted molar refractivity (Wildman–Crippen MR) is 81.7 cm³/mol. The quantitative estimate of drug-likeness (QED) is 0.845. The van der Waals surface area contributed by atoms with Gasteiger partial charge in [0.25, 0.3) is 0 Å². The van der Waals surface area contributed by atoms with Gasteiger partial charge in [-0.15, -0.1) is 0 Å². The molecular formula is C18H28N2O. The molecule has 0 spiro atoms. The lowest BCUT2D eigenvalue weighted by molar-refractivity contribution is -0.138. The lowest BCUT2D eigenvalue weighted by Crippen LogP contribution is -2.48. The van der Waals surface area contributed by atoms with Crippen molar-refractivity contribution in [1.82, 2.24) is 10.2 Å². The minimum atomic E-state index is 0.418. The second-order valence-electron chi connectivity index (χ2n) is 9.07. The molecule has 4 aliphatic carbocycles. The molecule has 0 aromatic heterocycles. The zero-order valence-electron chi connectivity index (χ0n) is 13.0. The van der Waals surface area contributed by atoms with Crippen LogP contribution in [0.2, 0.25) is 0 Å². The standard InChI is InChI=1S/C18H28N2O/c21-17(20-10-15-8-19-9-16(15)11-20)7-18-4-12-1-13(5-18)3-14(2-12)6-18/h12-16,19H,1-11H2/t12?,13?,14?,15-,16+,18?. The van der Waals surface area contributed by atoms with E-state index < -0.39 is 0 Å². The number of hydrogen-bond donors (Lipinski definition) is 1. The molecule has 3 nitrogen and oxygen atoms in total. The van der Waals surface area contributed by atoms with E-state index in [0.29, 0.717) is 11.3 Å².